The molecule has 0 bridgehead atoms. The quantitative estimate of drug-likeness (QED) is 0.449. The van der Waals surface area contributed by atoms with Crippen molar-refractivity contribution >= 4 is 0 Å². The molecule has 0 saturated heterocycles. The summed E-state index contributed by atoms with van der Waals surface area (Å²) in [5, 5.41) is 9.49. The minimum Gasteiger partial charge on any atom is -0.388 e. The normalized spacial score (nSPS) is 12.8. The summed E-state index contributed by atoms with van der Waals surface area (Å²) < 4.78 is 25.6. The highest BCUT2D eigenvalue weighted by atomic mass is 16.6. The van der Waals surface area contributed by atoms with Gasteiger partial charge in [-0.15, -0.1) is 0 Å². The average molecular weight is 266 g/mol. The van der Waals surface area contributed by atoms with E-state index in [2.05, 4.69) is 0 Å². The summed E-state index contributed by atoms with van der Waals surface area (Å²) in [7, 11) is 1.63. The van der Waals surface area contributed by atoms with Crippen LogP contribution < -0.4 is 0 Å². The fourth-order valence-corrected chi connectivity index (χ4v) is 1.11. The third-order valence-electron chi connectivity index (χ3n) is 2.00. The lowest BCUT2D eigenvalue weighted by atomic mass is 10.4. The molecule has 0 amide bonds. The molecule has 0 aromatic rings. The number of aliphatic hydroxyl groups excluding tert-OH is 1. The van der Waals surface area contributed by atoms with Crippen molar-refractivity contribution in [3.63, 3.8) is 0 Å². The van der Waals surface area contributed by atoms with E-state index in [1.165, 1.54) is 0 Å². The summed E-state index contributed by atoms with van der Waals surface area (Å²) in [4.78, 5) is 0. The monoisotopic (exact) mass is 266 g/mol. The second-order valence-corrected chi connectivity index (χ2v) is 3.61. The maximum Gasteiger partial charge on any atom is 0.101 e. The molecule has 0 saturated carbocycles. The van der Waals surface area contributed by atoms with Crippen LogP contribution in [0.5, 0.6) is 0 Å². The van der Waals surface area contributed by atoms with Crippen molar-refractivity contribution < 1.29 is 28.8 Å². The molecule has 0 spiro atoms. The van der Waals surface area contributed by atoms with Gasteiger partial charge in [0.1, 0.15) is 6.10 Å². The van der Waals surface area contributed by atoms with Gasteiger partial charge in [-0.2, -0.15) is 0 Å². The first kappa shape index (κ1) is 17.8. The number of hydrogen-bond donors (Lipinski definition) is 1. The number of rotatable bonds is 14. The molecule has 0 heterocycles. The predicted molar refractivity (Wildman–Crippen MR) is 66.8 cm³/mol. The molecule has 1 atom stereocenters. The molecule has 1 unspecified atom stereocenters. The molecule has 6 heteroatoms. The van der Waals surface area contributed by atoms with Crippen molar-refractivity contribution in [3.05, 3.63) is 0 Å². The Kier molecular flexibility index (Phi) is 14.6. The minimum atomic E-state index is -0.606. The number of methoxy groups -OCH3 is 1. The Morgan fingerprint density at radius 1 is 0.778 bits per heavy atom. The first-order valence-electron chi connectivity index (χ1n) is 6.29. The lowest BCUT2D eigenvalue weighted by Gasteiger charge is -2.12. The Morgan fingerprint density at radius 3 is 1.83 bits per heavy atom. The van der Waals surface area contributed by atoms with E-state index >= 15 is 0 Å². The largest absolute Gasteiger partial charge is 0.388 e. The highest BCUT2D eigenvalue weighted by molar-refractivity contribution is 4.51. The molecule has 0 aliphatic heterocycles. The van der Waals surface area contributed by atoms with E-state index in [4.69, 9.17) is 23.7 Å². The topological polar surface area (TPSA) is 66.4 Å². The molecule has 1 N–H and O–H groups in total. The van der Waals surface area contributed by atoms with Gasteiger partial charge in [-0.25, -0.2) is 0 Å². The van der Waals surface area contributed by atoms with Gasteiger partial charge in [0.25, 0.3) is 0 Å². The van der Waals surface area contributed by atoms with Gasteiger partial charge < -0.3 is 28.8 Å². The summed E-state index contributed by atoms with van der Waals surface area (Å²) in [6, 6.07) is 0. The molecule has 0 aromatic carbocycles. The van der Waals surface area contributed by atoms with E-state index in [1.54, 1.807) is 7.11 Å². The van der Waals surface area contributed by atoms with Gasteiger partial charge in [0, 0.05) is 13.7 Å². The zero-order valence-corrected chi connectivity index (χ0v) is 11.4. The van der Waals surface area contributed by atoms with Crippen LogP contribution in [0.25, 0.3) is 0 Å². The van der Waals surface area contributed by atoms with Crippen LogP contribution in [-0.2, 0) is 23.7 Å². The first-order chi connectivity index (χ1) is 8.81. The molecule has 110 valence electrons. The van der Waals surface area contributed by atoms with Crippen LogP contribution in [0, 0.1) is 0 Å². The van der Waals surface area contributed by atoms with E-state index < -0.39 is 6.10 Å². The fourth-order valence-electron chi connectivity index (χ4n) is 1.11. The van der Waals surface area contributed by atoms with Crippen LogP contribution in [0.1, 0.15) is 6.92 Å². The van der Waals surface area contributed by atoms with E-state index in [1.807, 2.05) is 6.92 Å². The van der Waals surface area contributed by atoms with Crippen molar-refractivity contribution in [1.82, 2.24) is 0 Å². The lowest BCUT2D eigenvalue weighted by Crippen LogP contribution is -2.24. The smallest absolute Gasteiger partial charge is 0.101 e. The minimum absolute atomic E-state index is 0.252. The molecule has 0 aromatic heterocycles. The summed E-state index contributed by atoms with van der Waals surface area (Å²) in [5.41, 5.74) is 0. The van der Waals surface area contributed by atoms with Crippen molar-refractivity contribution in [1.29, 1.82) is 0 Å². The SMILES string of the molecule is CCOCCOCC(O)COCCOCCOC. The summed E-state index contributed by atoms with van der Waals surface area (Å²) in [6.45, 7) is 6.26. The van der Waals surface area contributed by atoms with Gasteiger partial charge in [0.15, 0.2) is 0 Å². The van der Waals surface area contributed by atoms with E-state index in [0.29, 0.717) is 46.2 Å². The van der Waals surface area contributed by atoms with Gasteiger partial charge in [-0.1, -0.05) is 0 Å². The van der Waals surface area contributed by atoms with E-state index in [0.717, 1.165) is 0 Å². The highest BCUT2D eigenvalue weighted by Crippen LogP contribution is 1.89. The highest BCUT2D eigenvalue weighted by Gasteiger charge is 2.04. The average Bonchev–Trinajstić information content (AvgIpc) is 2.37. The van der Waals surface area contributed by atoms with E-state index in [-0.39, 0.29) is 13.2 Å². The number of hydrogen-bond acceptors (Lipinski definition) is 6. The van der Waals surface area contributed by atoms with Crippen molar-refractivity contribution in [2.45, 2.75) is 13.0 Å². The second-order valence-electron chi connectivity index (χ2n) is 3.61. The molecule has 18 heavy (non-hydrogen) atoms. The number of aliphatic hydroxyl groups is 1. The van der Waals surface area contributed by atoms with Gasteiger partial charge in [-0.05, 0) is 6.92 Å². The maximum absolute atomic E-state index is 9.49. The van der Waals surface area contributed by atoms with Crippen molar-refractivity contribution in [2.75, 3.05) is 66.6 Å². The standard InChI is InChI=1S/C12H26O6/c1-3-15-6-8-17-10-12(13)11-18-9-7-16-5-4-14-2/h12-13H,3-11H2,1-2H3. The molecule has 0 rings (SSSR count). The second kappa shape index (κ2) is 14.8. The van der Waals surface area contributed by atoms with Crippen LogP contribution in [0.3, 0.4) is 0 Å². The van der Waals surface area contributed by atoms with Crippen LogP contribution in [0.15, 0.2) is 0 Å². The fraction of sp³-hybridized carbons (Fsp3) is 1.00. The zero-order chi connectivity index (χ0) is 13.5. The zero-order valence-electron chi connectivity index (χ0n) is 11.4. The van der Waals surface area contributed by atoms with Crippen LogP contribution in [0.4, 0.5) is 0 Å². The van der Waals surface area contributed by atoms with E-state index in [9.17, 15) is 5.11 Å². The van der Waals surface area contributed by atoms with Crippen LogP contribution >= 0.6 is 0 Å². The molecule has 6 nitrogen and oxygen atoms in total. The molecule has 0 aliphatic carbocycles. The maximum atomic E-state index is 9.49. The Labute approximate surface area is 109 Å². The first-order valence-corrected chi connectivity index (χ1v) is 6.29. The third-order valence-corrected chi connectivity index (χ3v) is 2.00. The lowest BCUT2D eigenvalue weighted by molar-refractivity contribution is -0.0428. The van der Waals surface area contributed by atoms with Gasteiger partial charge >= 0.3 is 0 Å². The Hall–Kier alpha value is -0.240. The van der Waals surface area contributed by atoms with Gasteiger partial charge in [0.2, 0.25) is 0 Å². The summed E-state index contributed by atoms with van der Waals surface area (Å²) in [6.07, 6.45) is -0.606. The molecule has 0 radical (unpaired) electrons. The Morgan fingerprint density at radius 2 is 1.28 bits per heavy atom. The molecular weight excluding hydrogens is 240 g/mol. The third kappa shape index (κ3) is 13.8. The summed E-state index contributed by atoms with van der Waals surface area (Å²) in [5.74, 6) is 0. The van der Waals surface area contributed by atoms with Crippen LogP contribution in [-0.4, -0.2) is 77.8 Å². The summed E-state index contributed by atoms with van der Waals surface area (Å²) >= 11 is 0. The van der Waals surface area contributed by atoms with Crippen LogP contribution in [0.2, 0.25) is 0 Å². The number of ether oxygens (including phenoxy) is 5. The molecule has 0 aliphatic rings. The van der Waals surface area contributed by atoms with Crippen molar-refractivity contribution in [2.24, 2.45) is 0 Å². The van der Waals surface area contributed by atoms with Crippen molar-refractivity contribution in [3.8, 4) is 0 Å². The Balaban J connectivity index is 3.09. The molecule has 0 fully saturated rings. The van der Waals surface area contributed by atoms with Gasteiger partial charge in [0.05, 0.1) is 52.9 Å². The van der Waals surface area contributed by atoms with Gasteiger partial charge in [-0.3, -0.25) is 0 Å². The Bertz CT molecular complexity index is 156. The molecular formula is C12H26O6. The predicted octanol–water partition coefficient (Wildman–Crippen LogP) is 0.0800.